The lowest BCUT2D eigenvalue weighted by Crippen LogP contribution is -2.34. The van der Waals surface area contributed by atoms with Gasteiger partial charge < -0.3 is 29.3 Å². The Balaban J connectivity index is 1.59. The van der Waals surface area contributed by atoms with Crippen LogP contribution in [0.2, 0.25) is 0 Å². The fourth-order valence-electron chi connectivity index (χ4n) is 2.87. The molecule has 2 amide bonds. The molecule has 1 aliphatic heterocycles. The van der Waals surface area contributed by atoms with Crippen LogP contribution in [0.1, 0.15) is 6.42 Å². The number of anilines is 2. The van der Waals surface area contributed by atoms with Crippen LogP contribution in [0.15, 0.2) is 30.6 Å². The van der Waals surface area contributed by atoms with E-state index >= 15 is 0 Å². The molecule has 9 nitrogen and oxygen atoms in total. The van der Waals surface area contributed by atoms with Crippen LogP contribution in [-0.2, 0) is 0 Å². The number of urea groups is 1. The quantitative estimate of drug-likeness (QED) is 0.813. The number of nitrogens with zero attached hydrogens (tertiary/aromatic N) is 4. The fraction of sp³-hybridized carbons (Fsp3) is 0.421. The second-order valence-electron chi connectivity index (χ2n) is 6.62. The molecule has 1 fully saturated rings. The molecular weight excluding hydrogens is 362 g/mol. The molecule has 1 unspecified atom stereocenters. The molecule has 9 heteroatoms. The van der Waals surface area contributed by atoms with Crippen molar-refractivity contribution in [3.8, 4) is 17.4 Å². The van der Waals surface area contributed by atoms with E-state index in [4.69, 9.17) is 14.2 Å². The molecule has 0 spiro atoms. The molecule has 0 saturated carbocycles. The van der Waals surface area contributed by atoms with E-state index < -0.39 is 0 Å². The molecule has 150 valence electrons. The van der Waals surface area contributed by atoms with Crippen LogP contribution in [0.5, 0.6) is 17.4 Å². The molecule has 28 heavy (non-hydrogen) atoms. The van der Waals surface area contributed by atoms with Crippen molar-refractivity contribution >= 4 is 17.5 Å². The first-order chi connectivity index (χ1) is 13.5. The Kier molecular flexibility index (Phi) is 6.03. The van der Waals surface area contributed by atoms with E-state index in [2.05, 4.69) is 15.3 Å². The smallest absolute Gasteiger partial charge is 0.321 e. The van der Waals surface area contributed by atoms with Gasteiger partial charge in [-0.15, -0.1) is 0 Å². The predicted molar refractivity (Wildman–Crippen MR) is 106 cm³/mol. The third-order valence-electron chi connectivity index (χ3n) is 4.38. The van der Waals surface area contributed by atoms with E-state index in [9.17, 15) is 4.79 Å². The predicted octanol–water partition coefficient (Wildman–Crippen LogP) is 2.25. The molecule has 1 saturated heterocycles. The Hall–Kier alpha value is -3.23. The van der Waals surface area contributed by atoms with Crippen LogP contribution in [-0.4, -0.2) is 68.4 Å². The molecule has 2 aromatic rings. The van der Waals surface area contributed by atoms with E-state index in [0.717, 1.165) is 12.2 Å². The van der Waals surface area contributed by atoms with Gasteiger partial charge in [0.2, 0.25) is 5.88 Å². The van der Waals surface area contributed by atoms with Gasteiger partial charge in [-0.05, 0) is 0 Å². The van der Waals surface area contributed by atoms with Crippen molar-refractivity contribution in [2.45, 2.75) is 12.5 Å². The third-order valence-corrected chi connectivity index (χ3v) is 4.38. The topological polar surface area (TPSA) is 89.0 Å². The lowest BCUT2D eigenvalue weighted by Gasteiger charge is -2.18. The molecule has 1 atom stereocenters. The summed E-state index contributed by atoms with van der Waals surface area (Å²) in [5, 5.41) is 2.88. The minimum Gasteiger partial charge on any atom is -0.497 e. The van der Waals surface area contributed by atoms with Gasteiger partial charge in [0, 0.05) is 50.9 Å². The van der Waals surface area contributed by atoms with Crippen LogP contribution in [0.3, 0.4) is 0 Å². The van der Waals surface area contributed by atoms with Crippen molar-refractivity contribution in [1.29, 1.82) is 0 Å². The lowest BCUT2D eigenvalue weighted by atomic mass is 10.3. The number of methoxy groups -OCH3 is 2. The van der Waals surface area contributed by atoms with Crippen molar-refractivity contribution in [3.63, 3.8) is 0 Å². The number of aromatic nitrogens is 2. The summed E-state index contributed by atoms with van der Waals surface area (Å²) in [6, 6.07) is 5.03. The molecule has 0 radical (unpaired) electrons. The molecule has 0 bridgehead atoms. The standard InChI is InChI=1S/C19H25N5O4/c1-23(2)17-10-20-11-18(22-17)28-14-5-6-24(12-14)19(25)21-13-7-15(26-3)9-16(8-13)27-4/h7-11,14H,5-6,12H2,1-4H3,(H,21,25). The van der Waals surface area contributed by atoms with Gasteiger partial charge >= 0.3 is 6.03 Å². The van der Waals surface area contributed by atoms with Gasteiger partial charge in [0.1, 0.15) is 17.6 Å². The summed E-state index contributed by atoms with van der Waals surface area (Å²) in [7, 11) is 6.92. The monoisotopic (exact) mass is 387 g/mol. The summed E-state index contributed by atoms with van der Waals surface area (Å²) in [5.74, 6) is 2.39. The molecule has 3 rings (SSSR count). The van der Waals surface area contributed by atoms with Gasteiger partial charge in [0.05, 0.1) is 33.2 Å². The lowest BCUT2D eigenvalue weighted by molar-refractivity contribution is 0.189. The number of carbonyl (C=O) groups is 1. The van der Waals surface area contributed by atoms with E-state index in [0.29, 0.717) is 36.2 Å². The second kappa shape index (κ2) is 8.64. The van der Waals surface area contributed by atoms with E-state index in [1.807, 2.05) is 19.0 Å². The number of nitrogens with one attached hydrogen (secondary N) is 1. The van der Waals surface area contributed by atoms with Crippen LogP contribution < -0.4 is 24.4 Å². The Bertz CT molecular complexity index is 807. The number of amides is 2. The zero-order chi connectivity index (χ0) is 20.1. The van der Waals surface area contributed by atoms with Crippen molar-refractivity contribution in [1.82, 2.24) is 14.9 Å². The first-order valence-corrected chi connectivity index (χ1v) is 8.93. The minimum atomic E-state index is -0.200. The van der Waals surface area contributed by atoms with Crippen LogP contribution in [0.25, 0.3) is 0 Å². The number of ether oxygens (including phenoxy) is 3. The highest BCUT2D eigenvalue weighted by molar-refractivity contribution is 5.90. The maximum Gasteiger partial charge on any atom is 0.321 e. The Morgan fingerprint density at radius 3 is 2.54 bits per heavy atom. The maximum atomic E-state index is 12.6. The average Bonchev–Trinajstić information content (AvgIpc) is 3.16. The fourth-order valence-corrected chi connectivity index (χ4v) is 2.87. The number of likely N-dealkylation sites (tertiary alicyclic amines) is 1. The molecular formula is C19H25N5O4. The van der Waals surface area contributed by atoms with Gasteiger partial charge in [-0.3, -0.25) is 4.98 Å². The maximum absolute atomic E-state index is 12.6. The van der Waals surface area contributed by atoms with Crippen molar-refractivity contribution in [2.75, 3.05) is 51.6 Å². The van der Waals surface area contributed by atoms with Gasteiger partial charge in [0.15, 0.2) is 5.82 Å². The van der Waals surface area contributed by atoms with E-state index in [-0.39, 0.29) is 12.1 Å². The van der Waals surface area contributed by atoms with Crippen molar-refractivity contribution in [2.24, 2.45) is 0 Å². The third kappa shape index (κ3) is 4.73. The highest BCUT2D eigenvalue weighted by Crippen LogP contribution is 2.26. The summed E-state index contributed by atoms with van der Waals surface area (Å²) in [6.45, 7) is 1.07. The summed E-state index contributed by atoms with van der Waals surface area (Å²) < 4.78 is 16.4. The zero-order valence-corrected chi connectivity index (χ0v) is 16.5. The zero-order valence-electron chi connectivity index (χ0n) is 16.5. The first kappa shape index (κ1) is 19.5. The molecule has 1 N–H and O–H groups in total. The number of carbonyl (C=O) groups excluding carboxylic acids is 1. The highest BCUT2D eigenvalue weighted by Gasteiger charge is 2.28. The van der Waals surface area contributed by atoms with Crippen molar-refractivity contribution in [3.05, 3.63) is 30.6 Å². The summed E-state index contributed by atoms with van der Waals surface area (Å²) in [6.07, 6.45) is 3.85. The normalized spacial score (nSPS) is 15.9. The van der Waals surface area contributed by atoms with Gasteiger partial charge in [-0.2, -0.15) is 4.98 Å². The highest BCUT2D eigenvalue weighted by atomic mass is 16.5. The van der Waals surface area contributed by atoms with Crippen LogP contribution in [0, 0.1) is 0 Å². The first-order valence-electron chi connectivity index (χ1n) is 8.93. The van der Waals surface area contributed by atoms with E-state index in [1.165, 1.54) is 0 Å². The van der Waals surface area contributed by atoms with Crippen LogP contribution in [0.4, 0.5) is 16.3 Å². The summed E-state index contributed by atoms with van der Waals surface area (Å²) >= 11 is 0. The molecule has 0 aliphatic carbocycles. The Labute approximate surface area is 164 Å². The number of rotatable bonds is 6. The largest absolute Gasteiger partial charge is 0.497 e. The second-order valence-corrected chi connectivity index (χ2v) is 6.62. The number of benzene rings is 1. The minimum absolute atomic E-state index is 0.127. The molecule has 1 aromatic carbocycles. The Morgan fingerprint density at radius 2 is 1.89 bits per heavy atom. The van der Waals surface area contributed by atoms with Crippen molar-refractivity contribution < 1.29 is 19.0 Å². The van der Waals surface area contributed by atoms with Gasteiger partial charge in [-0.25, -0.2) is 4.79 Å². The molecule has 1 aromatic heterocycles. The molecule has 1 aliphatic rings. The van der Waals surface area contributed by atoms with Gasteiger partial charge in [0.25, 0.3) is 0 Å². The average molecular weight is 387 g/mol. The number of hydrogen-bond donors (Lipinski definition) is 1. The SMILES string of the molecule is COc1cc(NC(=O)N2CCC(Oc3cncc(N(C)C)n3)C2)cc(OC)c1. The summed E-state index contributed by atoms with van der Waals surface area (Å²) in [4.78, 5) is 24.7. The van der Waals surface area contributed by atoms with Crippen LogP contribution >= 0.6 is 0 Å². The summed E-state index contributed by atoms with van der Waals surface area (Å²) in [5.41, 5.74) is 0.607. The number of hydrogen-bond acceptors (Lipinski definition) is 7. The Morgan fingerprint density at radius 1 is 1.18 bits per heavy atom. The van der Waals surface area contributed by atoms with Gasteiger partial charge in [-0.1, -0.05) is 0 Å². The molecule has 2 heterocycles. The van der Waals surface area contributed by atoms with E-state index in [1.54, 1.807) is 49.7 Å².